The molecule has 1 aromatic heterocycles. The monoisotopic (exact) mass is 279 g/mol. The second-order valence-corrected chi connectivity index (χ2v) is 4.48. The van der Waals surface area contributed by atoms with Crippen LogP contribution in [0.25, 0.3) is 0 Å². The van der Waals surface area contributed by atoms with Crippen LogP contribution < -0.4 is 16.6 Å². The summed E-state index contributed by atoms with van der Waals surface area (Å²) in [6.45, 7) is 1.22. The van der Waals surface area contributed by atoms with E-state index in [2.05, 4.69) is 10.3 Å². The van der Waals surface area contributed by atoms with Crippen molar-refractivity contribution in [3.8, 4) is 0 Å². The largest absolute Gasteiger partial charge is 0.385 e. The first-order valence-corrected chi connectivity index (χ1v) is 6.33. The molecule has 5 nitrogen and oxygen atoms in total. The molecule has 1 heterocycles. The van der Waals surface area contributed by atoms with Gasteiger partial charge in [-0.2, -0.15) is 0 Å². The minimum atomic E-state index is -0.551. The highest BCUT2D eigenvalue weighted by atomic mass is 35.5. The second-order valence-electron chi connectivity index (χ2n) is 4.08. The molecule has 0 saturated heterocycles. The summed E-state index contributed by atoms with van der Waals surface area (Å²) in [4.78, 5) is 24.7. The predicted octanol–water partition coefficient (Wildman–Crippen LogP) is 1.69. The molecule has 0 aliphatic carbocycles. The van der Waals surface area contributed by atoms with Crippen LogP contribution in [0.4, 0.5) is 5.69 Å². The van der Waals surface area contributed by atoms with Gasteiger partial charge in [-0.1, -0.05) is 29.8 Å². The summed E-state index contributed by atoms with van der Waals surface area (Å²) in [5, 5.41) is 3.26. The molecule has 0 radical (unpaired) electrons. The number of halogens is 1. The molecule has 0 spiro atoms. The van der Waals surface area contributed by atoms with Crippen molar-refractivity contribution in [1.82, 2.24) is 9.55 Å². The molecule has 0 aliphatic rings. The summed E-state index contributed by atoms with van der Waals surface area (Å²) in [5.74, 6) is 0. The Labute approximate surface area is 114 Å². The van der Waals surface area contributed by atoms with E-state index in [0.29, 0.717) is 6.54 Å². The molecule has 0 amide bonds. The number of H-pyrrole nitrogens is 1. The Morgan fingerprint density at radius 1 is 1.21 bits per heavy atom. The van der Waals surface area contributed by atoms with E-state index in [1.165, 1.54) is 10.8 Å². The number of rotatable bonds is 5. The van der Waals surface area contributed by atoms with Crippen molar-refractivity contribution in [1.29, 1.82) is 0 Å². The molecule has 0 atom stereocenters. The molecule has 2 aromatic rings. The van der Waals surface area contributed by atoms with Crippen molar-refractivity contribution in [2.75, 3.05) is 11.9 Å². The molecule has 0 fully saturated rings. The third-order valence-electron chi connectivity index (χ3n) is 2.65. The fourth-order valence-electron chi connectivity index (χ4n) is 1.69. The zero-order valence-electron chi connectivity index (χ0n) is 10.2. The van der Waals surface area contributed by atoms with Crippen LogP contribution in [0, 0.1) is 0 Å². The average Bonchev–Trinajstić information content (AvgIpc) is 2.41. The fourth-order valence-corrected chi connectivity index (χ4v) is 1.85. The normalized spacial score (nSPS) is 10.4. The molecule has 19 heavy (non-hydrogen) atoms. The minimum Gasteiger partial charge on any atom is -0.385 e. The lowest BCUT2D eigenvalue weighted by Gasteiger charge is -2.07. The summed E-state index contributed by atoms with van der Waals surface area (Å²) in [7, 11) is 0. The molecule has 0 aliphatic heterocycles. The summed E-state index contributed by atoms with van der Waals surface area (Å²) < 4.78 is 1.40. The molecule has 2 rings (SSSR count). The minimum absolute atomic E-state index is 0.0237. The predicted molar refractivity (Wildman–Crippen MR) is 75.9 cm³/mol. The Morgan fingerprint density at radius 3 is 2.68 bits per heavy atom. The number of aryl methyl sites for hydroxylation is 1. The zero-order chi connectivity index (χ0) is 13.7. The molecule has 0 bridgehead atoms. The van der Waals surface area contributed by atoms with Gasteiger partial charge in [-0.25, -0.2) is 4.79 Å². The first-order valence-electron chi connectivity index (χ1n) is 5.95. The van der Waals surface area contributed by atoms with E-state index >= 15 is 0 Å². The lowest BCUT2D eigenvalue weighted by molar-refractivity contribution is 0.619. The molecule has 1 aromatic carbocycles. The molecule has 100 valence electrons. The molecule has 0 saturated carbocycles. The fraction of sp³-hybridized carbons (Fsp3) is 0.231. The SMILES string of the molecule is O=c1[nH]c(=O)n(CCCNc2ccccc2)cc1Cl. The van der Waals surface area contributed by atoms with Crippen LogP contribution in [0.1, 0.15) is 6.42 Å². The quantitative estimate of drug-likeness (QED) is 0.819. The molecular weight excluding hydrogens is 266 g/mol. The number of nitrogens with zero attached hydrogens (tertiary/aromatic N) is 1. The number of hydrogen-bond acceptors (Lipinski definition) is 3. The molecule has 6 heteroatoms. The third-order valence-corrected chi connectivity index (χ3v) is 2.92. The van der Waals surface area contributed by atoms with Gasteiger partial charge in [0, 0.05) is 25.0 Å². The van der Waals surface area contributed by atoms with Gasteiger partial charge < -0.3 is 5.32 Å². The summed E-state index contributed by atoms with van der Waals surface area (Å²) in [6, 6.07) is 9.81. The van der Waals surface area contributed by atoms with Gasteiger partial charge in [0.2, 0.25) is 0 Å². The van der Waals surface area contributed by atoms with Gasteiger partial charge in [-0.05, 0) is 18.6 Å². The van der Waals surface area contributed by atoms with Gasteiger partial charge in [0.15, 0.2) is 0 Å². The first-order chi connectivity index (χ1) is 9.16. The average molecular weight is 280 g/mol. The summed E-state index contributed by atoms with van der Waals surface area (Å²) >= 11 is 5.68. The number of hydrogen-bond donors (Lipinski definition) is 2. The summed E-state index contributed by atoms with van der Waals surface area (Å²) in [6.07, 6.45) is 2.11. The van der Waals surface area contributed by atoms with Gasteiger partial charge in [0.1, 0.15) is 5.02 Å². The van der Waals surface area contributed by atoms with Gasteiger partial charge >= 0.3 is 5.69 Å². The molecule has 0 unspecified atom stereocenters. The Bertz CT molecular complexity index is 649. The van der Waals surface area contributed by atoms with E-state index in [1.807, 2.05) is 30.3 Å². The number of benzene rings is 1. The highest BCUT2D eigenvalue weighted by Crippen LogP contribution is 2.04. The van der Waals surface area contributed by atoms with Crippen LogP contribution in [0.15, 0.2) is 46.1 Å². The van der Waals surface area contributed by atoms with Crippen LogP contribution in [0.2, 0.25) is 5.02 Å². The Morgan fingerprint density at radius 2 is 1.95 bits per heavy atom. The van der Waals surface area contributed by atoms with Crippen molar-refractivity contribution < 1.29 is 0 Å². The van der Waals surface area contributed by atoms with Gasteiger partial charge in [-0.15, -0.1) is 0 Å². The number of anilines is 1. The Kier molecular flexibility index (Phi) is 4.41. The maximum atomic E-state index is 11.5. The standard InChI is InChI=1S/C13H14ClN3O2/c14-11-9-17(13(19)16-12(11)18)8-4-7-15-10-5-2-1-3-6-10/h1-3,5-6,9,15H,4,7-8H2,(H,16,18,19). The zero-order valence-corrected chi connectivity index (χ0v) is 11.0. The van der Waals surface area contributed by atoms with Gasteiger partial charge in [-0.3, -0.25) is 14.3 Å². The lowest BCUT2D eigenvalue weighted by atomic mass is 10.3. The van der Waals surface area contributed by atoms with E-state index in [0.717, 1.165) is 18.7 Å². The van der Waals surface area contributed by atoms with Crippen LogP contribution >= 0.6 is 11.6 Å². The smallest absolute Gasteiger partial charge is 0.328 e. The summed E-state index contributed by atoms with van der Waals surface area (Å²) in [5.41, 5.74) is 0.0498. The Balaban J connectivity index is 1.88. The van der Waals surface area contributed by atoms with E-state index in [9.17, 15) is 9.59 Å². The van der Waals surface area contributed by atoms with Crippen LogP contribution in [-0.2, 0) is 6.54 Å². The third kappa shape index (κ3) is 3.72. The van der Waals surface area contributed by atoms with E-state index in [-0.39, 0.29) is 5.02 Å². The Hall–Kier alpha value is -2.01. The van der Waals surface area contributed by atoms with E-state index in [4.69, 9.17) is 11.6 Å². The second kappa shape index (κ2) is 6.24. The maximum absolute atomic E-state index is 11.5. The van der Waals surface area contributed by atoms with E-state index in [1.54, 1.807) is 0 Å². The molecule has 2 N–H and O–H groups in total. The van der Waals surface area contributed by atoms with Crippen molar-refractivity contribution in [2.45, 2.75) is 13.0 Å². The first kappa shape index (κ1) is 13.4. The highest BCUT2D eigenvalue weighted by Gasteiger charge is 2.01. The van der Waals surface area contributed by atoms with Gasteiger partial charge in [0.25, 0.3) is 5.56 Å². The topological polar surface area (TPSA) is 66.9 Å². The van der Waals surface area contributed by atoms with Crippen LogP contribution in [0.3, 0.4) is 0 Å². The highest BCUT2D eigenvalue weighted by molar-refractivity contribution is 6.30. The van der Waals surface area contributed by atoms with Crippen molar-refractivity contribution in [3.05, 3.63) is 62.4 Å². The van der Waals surface area contributed by atoms with Crippen LogP contribution in [0.5, 0.6) is 0 Å². The van der Waals surface area contributed by atoms with Crippen molar-refractivity contribution in [2.24, 2.45) is 0 Å². The van der Waals surface area contributed by atoms with Crippen LogP contribution in [-0.4, -0.2) is 16.1 Å². The number of para-hydroxylation sites is 1. The number of aromatic amines is 1. The molecular formula is C13H14ClN3O2. The van der Waals surface area contributed by atoms with Gasteiger partial charge in [0.05, 0.1) is 0 Å². The maximum Gasteiger partial charge on any atom is 0.328 e. The lowest BCUT2D eigenvalue weighted by Crippen LogP contribution is -2.30. The number of aromatic nitrogens is 2. The van der Waals surface area contributed by atoms with Crippen molar-refractivity contribution in [3.63, 3.8) is 0 Å². The number of nitrogens with one attached hydrogen (secondary N) is 2. The van der Waals surface area contributed by atoms with E-state index < -0.39 is 11.2 Å². The van der Waals surface area contributed by atoms with Crippen molar-refractivity contribution >= 4 is 17.3 Å².